The van der Waals surface area contributed by atoms with Gasteiger partial charge in [-0.25, -0.2) is 0 Å². The zero-order valence-electron chi connectivity index (χ0n) is 2.28. The van der Waals surface area contributed by atoms with Crippen molar-refractivity contribution in [2.45, 2.75) is 0 Å². The summed E-state index contributed by atoms with van der Waals surface area (Å²) in [5, 5.41) is 0. The third-order valence-corrected chi connectivity index (χ3v) is 0. The third-order valence-electron chi connectivity index (χ3n) is 0. The number of hydrogen-bond acceptors (Lipinski definition) is 0. The van der Waals surface area contributed by atoms with E-state index in [2.05, 4.69) is 9.24 Å². The minimum atomic E-state index is 0. The van der Waals surface area contributed by atoms with Crippen molar-refractivity contribution in [1.82, 2.24) is 0 Å². The maximum atomic E-state index is 2.42. The van der Waals surface area contributed by atoms with Crippen LogP contribution < -0.4 is 0 Å². The monoisotopic (exact) mass is 160 g/mol. The Morgan fingerprint density at radius 3 is 1.00 bits per heavy atom. The van der Waals surface area contributed by atoms with Crippen LogP contribution in [0.1, 0.15) is 0 Å². The van der Waals surface area contributed by atoms with Crippen LogP contribution in [-0.4, -0.2) is 6.66 Å². The summed E-state index contributed by atoms with van der Waals surface area (Å²) in [6.07, 6.45) is 0. The number of rotatable bonds is 0. The normalized spacial score (nSPS) is 1.50. The van der Waals surface area contributed by atoms with Gasteiger partial charge >= 0.3 is 0 Å². The van der Waals surface area contributed by atoms with Crippen molar-refractivity contribution in [3.05, 3.63) is 0 Å². The maximum Gasteiger partial charge on any atom is 0 e. The van der Waals surface area contributed by atoms with Crippen molar-refractivity contribution in [3.8, 4) is 0 Å². The van der Waals surface area contributed by atoms with Gasteiger partial charge in [0.1, 0.15) is 0 Å². The average molecular weight is 160 g/mol. The van der Waals surface area contributed by atoms with Gasteiger partial charge in [0.05, 0.1) is 0 Å². The van der Waals surface area contributed by atoms with Crippen LogP contribution in [0, 0.1) is 0 Å². The van der Waals surface area contributed by atoms with Crippen LogP contribution in [0.25, 0.3) is 0 Å². The zero-order valence-corrected chi connectivity index (χ0v) is 5.65. The summed E-state index contributed by atoms with van der Waals surface area (Å²) >= 11 is 0. The largest absolute Gasteiger partial charge is 0.141 e. The second-order valence-corrected chi connectivity index (χ2v) is 0. The van der Waals surface area contributed by atoms with E-state index in [1.54, 1.807) is 0 Å². The van der Waals surface area contributed by atoms with E-state index < -0.39 is 0 Å². The van der Waals surface area contributed by atoms with Crippen molar-refractivity contribution in [2.24, 2.45) is 0 Å². The molecule has 1 unspecified atom stereocenters. The molecule has 0 amide bonds. The summed E-state index contributed by atoms with van der Waals surface area (Å²) in [6, 6.07) is 0. The molecule has 0 saturated carbocycles. The van der Waals surface area contributed by atoms with E-state index in [-0.39, 0.29) is 34.1 Å². The molecule has 0 spiro atoms. The molecule has 3 heteroatoms. The molecule has 0 rings (SSSR count). The molecule has 0 aromatic rings. The Bertz CT molecular complexity index is 6.00. The Morgan fingerprint density at radius 2 is 1.00 bits per heavy atom. The molecule has 30 valence electrons. The first-order valence-electron chi connectivity index (χ1n) is 0.577. The van der Waals surface area contributed by atoms with E-state index in [1.807, 2.05) is 6.66 Å². The topological polar surface area (TPSA) is 0 Å². The van der Waals surface area contributed by atoms with Gasteiger partial charge in [-0.15, -0.1) is 9.24 Å². The van der Waals surface area contributed by atoms with E-state index in [9.17, 15) is 0 Å². The van der Waals surface area contributed by atoms with Gasteiger partial charge in [0.25, 0.3) is 0 Å². The van der Waals surface area contributed by atoms with Gasteiger partial charge in [0.2, 0.25) is 0 Å². The van der Waals surface area contributed by atoms with Gasteiger partial charge in [0.15, 0.2) is 0 Å². The van der Waals surface area contributed by atoms with Crippen molar-refractivity contribution < 1.29 is 34.1 Å². The fraction of sp³-hybridized carbons (Fsp3) is 1.00. The second kappa shape index (κ2) is 24.9. The fourth-order valence-corrected chi connectivity index (χ4v) is 0. The smallest absolute Gasteiger partial charge is 0 e. The van der Waals surface area contributed by atoms with E-state index in [4.69, 9.17) is 0 Å². The Labute approximate surface area is 50.3 Å². The molecule has 1 atom stereocenters. The summed E-state index contributed by atoms with van der Waals surface area (Å²) in [7, 11) is 2.42. The second-order valence-electron chi connectivity index (χ2n) is 0. The van der Waals surface area contributed by atoms with Crippen molar-refractivity contribution in [2.75, 3.05) is 6.66 Å². The van der Waals surface area contributed by atoms with Crippen molar-refractivity contribution in [3.63, 3.8) is 0 Å². The van der Waals surface area contributed by atoms with Crippen molar-refractivity contribution in [1.29, 1.82) is 0 Å². The fourth-order valence-electron chi connectivity index (χ4n) is 0. The molecule has 0 aromatic heterocycles. The molecule has 4 heavy (non-hydrogen) atoms. The third kappa shape index (κ3) is 9.80. The molecule has 0 N–H and O–H groups in total. The predicted octanol–water partition coefficient (Wildman–Crippen LogP) is 0.486. The molecule has 0 aliphatic heterocycles. The van der Waals surface area contributed by atoms with E-state index in [0.717, 1.165) is 0 Å². The van der Waals surface area contributed by atoms with Gasteiger partial charge in [0, 0.05) is 34.1 Å². The summed E-state index contributed by atoms with van der Waals surface area (Å²) in [6.45, 7) is 1.92. The maximum absolute atomic E-state index is 2.42. The van der Waals surface area contributed by atoms with E-state index in [0.29, 0.717) is 0 Å². The van der Waals surface area contributed by atoms with Crippen LogP contribution in [0.4, 0.5) is 0 Å². The van der Waals surface area contributed by atoms with E-state index in [1.165, 1.54) is 0 Å². The summed E-state index contributed by atoms with van der Waals surface area (Å²) < 4.78 is 0. The average Bonchev–Trinajstić information content (AvgIpc) is 1.00. The molecule has 0 aliphatic carbocycles. The standard InChI is InChI=1S/CH5P.2Fe/c1-2;;/h2H2,1H3;;. The van der Waals surface area contributed by atoms with Gasteiger partial charge in [-0.2, -0.15) is 0 Å². The molecule has 0 nitrogen and oxygen atoms in total. The van der Waals surface area contributed by atoms with Gasteiger partial charge < -0.3 is 0 Å². The SMILES string of the molecule is CP.[Fe].[Fe]. The first-order valence-corrected chi connectivity index (χ1v) is 1.73. The molecule has 0 heterocycles. The van der Waals surface area contributed by atoms with Crippen LogP contribution in [0.3, 0.4) is 0 Å². The first-order chi connectivity index (χ1) is 1.00. The van der Waals surface area contributed by atoms with Crippen LogP contribution >= 0.6 is 9.24 Å². The Morgan fingerprint density at radius 1 is 1.00 bits per heavy atom. The van der Waals surface area contributed by atoms with Gasteiger partial charge in [-0.1, -0.05) is 6.66 Å². The van der Waals surface area contributed by atoms with Crippen LogP contribution in [0.15, 0.2) is 0 Å². The summed E-state index contributed by atoms with van der Waals surface area (Å²) in [5.41, 5.74) is 0. The molecule has 0 saturated heterocycles. The summed E-state index contributed by atoms with van der Waals surface area (Å²) in [4.78, 5) is 0. The minimum absolute atomic E-state index is 0. The van der Waals surface area contributed by atoms with E-state index >= 15 is 0 Å². The van der Waals surface area contributed by atoms with Crippen LogP contribution in [0.5, 0.6) is 0 Å². The van der Waals surface area contributed by atoms with Gasteiger partial charge in [-0.05, 0) is 0 Å². The number of hydrogen-bond donors (Lipinski definition) is 0. The molecule has 0 bridgehead atoms. The predicted molar refractivity (Wildman–Crippen MR) is 15.6 cm³/mol. The molecule has 0 fully saturated rings. The van der Waals surface area contributed by atoms with Crippen molar-refractivity contribution >= 4 is 9.24 Å². The first kappa shape index (κ1) is 17.9. The molecule has 0 aliphatic rings. The molecular formula is CH5Fe2P. The molecule has 0 radical (unpaired) electrons. The molecular weight excluding hydrogens is 155 g/mol. The van der Waals surface area contributed by atoms with Crippen LogP contribution in [0.2, 0.25) is 0 Å². The Kier molecular flexibility index (Phi) is 112. The summed E-state index contributed by atoms with van der Waals surface area (Å²) in [5.74, 6) is 0. The Balaban J connectivity index is -0.00000000500. The molecule has 0 aromatic carbocycles. The Hall–Kier alpha value is 1.47. The van der Waals surface area contributed by atoms with Crippen LogP contribution in [-0.2, 0) is 34.1 Å². The minimum Gasteiger partial charge on any atom is -0.141 e. The quantitative estimate of drug-likeness (QED) is 0.357. The zero-order chi connectivity index (χ0) is 2.00. The van der Waals surface area contributed by atoms with Gasteiger partial charge in [-0.3, -0.25) is 0 Å².